The van der Waals surface area contributed by atoms with E-state index in [1.54, 1.807) is 0 Å². The van der Waals surface area contributed by atoms with Crippen LogP contribution in [0.3, 0.4) is 0 Å². The number of fused-ring (bicyclic) bond motifs is 1. The molecule has 2 aliphatic heterocycles. The Morgan fingerprint density at radius 1 is 1.30 bits per heavy atom. The smallest absolute Gasteiger partial charge is 0.242 e. The highest BCUT2D eigenvalue weighted by Crippen LogP contribution is 2.18. The molecule has 0 bridgehead atoms. The van der Waals surface area contributed by atoms with Crippen molar-refractivity contribution in [3.8, 4) is 0 Å². The summed E-state index contributed by atoms with van der Waals surface area (Å²) in [5, 5.41) is 5.96. The van der Waals surface area contributed by atoms with Gasteiger partial charge in [0.2, 0.25) is 11.8 Å². The van der Waals surface area contributed by atoms with Crippen LogP contribution in [-0.4, -0.2) is 55.6 Å². The highest BCUT2D eigenvalue weighted by molar-refractivity contribution is 5.85. The van der Waals surface area contributed by atoms with Gasteiger partial charge in [0.05, 0.1) is 19.8 Å². The van der Waals surface area contributed by atoms with E-state index in [1.165, 1.54) is 11.1 Å². The van der Waals surface area contributed by atoms with Gasteiger partial charge in [-0.2, -0.15) is 0 Å². The first-order valence-electron chi connectivity index (χ1n) is 8.15. The minimum Gasteiger partial charge on any atom is -0.378 e. The van der Waals surface area contributed by atoms with Gasteiger partial charge in [-0.25, -0.2) is 0 Å². The van der Waals surface area contributed by atoms with Gasteiger partial charge in [-0.05, 0) is 17.5 Å². The lowest BCUT2D eigenvalue weighted by atomic mass is 10.00. The predicted octanol–water partition coefficient (Wildman–Crippen LogP) is 0.0660. The fourth-order valence-corrected chi connectivity index (χ4v) is 3.04. The molecule has 0 spiro atoms. The summed E-state index contributed by atoms with van der Waals surface area (Å²) in [7, 11) is 0. The molecule has 1 aromatic rings. The van der Waals surface area contributed by atoms with E-state index < -0.39 is 0 Å². The molecular weight excluding hydrogens is 294 g/mol. The van der Waals surface area contributed by atoms with Gasteiger partial charge in [0, 0.05) is 32.1 Å². The number of ether oxygens (including phenoxy) is 1. The van der Waals surface area contributed by atoms with E-state index in [2.05, 4.69) is 22.8 Å². The third-order valence-electron chi connectivity index (χ3n) is 4.35. The first-order valence-corrected chi connectivity index (χ1v) is 8.15. The zero-order chi connectivity index (χ0) is 16.1. The zero-order valence-electron chi connectivity index (χ0n) is 13.2. The molecule has 6 heteroatoms. The van der Waals surface area contributed by atoms with Gasteiger partial charge in [0.1, 0.15) is 0 Å². The number of amides is 2. The first-order chi connectivity index (χ1) is 11.2. The minimum atomic E-state index is -0.112. The van der Waals surface area contributed by atoms with Crippen molar-refractivity contribution < 1.29 is 14.3 Å². The van der Waals surface area contributed by atoms with E-state index in [0.717, 1.165) is 13.0 Å². The van der Waals surface area contributed by atoms with Crippen LogP contribution in [0.2, 0.25) is 0 Å². The number of carbonyl (C=O) groups is 2. The van der Waals surface area contributed by atoms with Crippen LogP contribution in [0, 0.1) is 0 Å². The summed E-state index contributed by atoms with van der Waals surface area (Å²) in [5.74, 6) is -0.139. The van der Waals surface area contributed by atoms with E-state index in [-0.39, 0.29) is 24.4 Å². The van der Waals surface area contributed by atoms with Crippen molar-refractivity contribution in [2.45, 2.75) is 25.4 Å². The van der Waals surface area contributed by atoms with Gasteiger partial charge in [-0.3, -0.25) is 9.59 Å². The Labute approximate surface area is 136 Å². The highest BCUT2D eigenvalue weighted by Gasteiger charge is 2.21. The number of carbonyl (C=O) groups excluding carboxylic acids is 2. The summed E-state index contributed by atoms with van der Waals surface area (Å²) in [6.07, 6.45) is 1.22. The van der Waals surface area contributed by atoms with Crippen molar-refractivity contribution in [2.24, 2.45) is 0 Å². The fourth-order valence-electron chi connectivity index (χ4n) is 3.04. The summed E-state index contributed by atoms with van der Waals surface area (Å²) in [4.78, 5) is 26.0. The highest BCUT2D eigenvalue weighted by atomic mass is 16.5. The Kier molecular flexibility index (Phi) is 5.25. The molecule has 1 fully saturated rings. The maximum absolute atomic E-state index is 12.3. The lowest BCUT2D eigenvalue weighted by Crippen LogP contribution is -2.46. The Balaban J connectivity index is 1.43. The molecule has 0 radical (unpaired) electrons. The van der Waals surface area contributed by atoms with E-state index in [1.807, 2.05) is 17.0 Å². The molecule has 3 rings (SSSR count). The number of hydrogen-bond acceptors (Lipinski definition) is 4. The topological polar surface area (TPSA) is 70.7 Å². The summed E-state index contributed by atoms with van der Waals surface area (Å²) in [6.45, 7) is 3.41. The largest absolute Gasteiger partial charge is 0.378 e. The van der Waals surface area contributed by atoms with Crippen molar-refractivity contribution in [3.63, 3.8) is 0 Å². The monoisotopic (exact) mass is 317 g/mol. The van der Waals surface area contributed by atoms with Crippen molar-refractivity contribution in [2.75, 3.05) is 32.8 Å². The van der Waals surface area contributed by atoms with E-state index >= 15 is 0 Å². The number of nitrogens with zero attached hydrogens (tertiary/aromatic N) is 1. The molecule has 1 unspecified atom stereocenters. The molecule has 1 saturated heterocycles. The lowest BCUT2D eigenvalue weighted by molar-refractivity contribution is -0.133. The second kappa shape index (κ2) is 7.57. The third-order valence-corrected chi connectivity index (χ3v) is 4.35. The van der Waals surface area contributed by atoms with Gasteiger partial charge < -0.3 is 20.3 Å². The van der Waals surface area contributed by atoms with Gasteiger partial charge in [0.25, 0.3) is 0 Å². The van der Waals surface area contributed by atoms with Gasteiger partial charge >= 0.3 is 0 Å². The molecule has 0 aliphatic carbocycles. The molecule has 2 amide bonds. The lowest BCUT2D eigenvalue weighted by Gasteiger charge is -2.29. The number of nitrogens with one attached hydrogen (secondary N) is 2. The molecule has 23 heavy (non-hydrogen) atoms. The molecule has 2 heterocycles. The van der Waals surface area contributed by atoms with Crippen molar-refractivity contribution >= 4 is 11.8 Å². The fraction of sp³-hybridized carbons (Fsp3) is 0.529. The number of hydrogen-bond donors (Lipinski definition) is 2. The van der Waals surface area contributed by atoms with Crippen molar-refractivity contribution in [3.05, 3.63) is 35.4 Å². The molecule has 1 aromatic carbocycles. The average Bonchev–Trinajstić information content (AvgIpc) is 2.60. The first kappa shape index (κ1) is 16.0. The maximum Gasteiger partial charge on any atom is 0.242 e. The van der Waals surface area contributed by atoms with Crippen LogP contribution in [0.15, 0.2) is 24.3 Å². The second-order valence-electron chi connectivity index (χ2n) is 6.04. The molecule has 124 valence electrons. The Hall–Kier alpha value is -1.92. The summed E-state index contributed by atoms with van der Waals surface area (Å²) in [5.41, 5.74) is 2.51. The van der Waals surface area contributed by atoms with Crippen LogP contribution in [0.1, 0.15) is 17.5 Å². The van der Waals surface area contributed by atoms with Crippen LogP contribution in [0.25, 0.3) is 0 Å². The number of benzene rings is 1. The van der Waals surface area contributed by atoms with Crippen molar-refractivity contribution in [1.82, 2.24) is 15.5 Å². The van der Waals surface area contributed by atoms with Crippen LogP contribution >= 0.6 is 0 Å². The molecule has 0 aromatic heterocycles. The normalized spacial score (nSPS) is 20.7. The van der Waals surface area contributed by atoms with Crippen LogP contribution in [0.5, 0.6) is 0 Å². The van der Waals surface area contributed by atoms with E-state index in [0.29, 0.717) is 32.7 Å². The number of morpholine rings is 1. The van der Waals surface area contributed by atoms with Crippen LogP contribution < -0.4 is 10.6 Å². The molecule has 0 saturated carbocycles. The Morgan fingerprint density at radius 2 is 2.13 bits per heavy atom. The van der Waals surface area contributed by atoms with Crippen LogP contribution in [-0.2, 0) is 27.3 Å². The van der Waals surface area contributed by atoms with Gasteiger partial charge in [0.15, 0.2) is 0 Å². The van der Waals surface area contributed by atoms with E-state index in [9.17, 15) is 9.59 Å². The second-order valence-corrected chi connectivity index (χ2v) is 6.04. The Morgan fingerprint density at radius 3 is 2.91 bits per heavy atom. The Bertz CT molecular complexity index is 570. The zero-order valence-corrected chi connectivity index (χ0v) is 13.2. The maximum atomic E-state index is 12.3. The molecule has 2 aliphatic rings. The quantitative estimate of drug-likeness (QED) is 0.824. The third kappa shape index (κ3) is 4.30. The average molecular weight is 317 g/mol. The minimum absolute atomic E-state index is 0.0271. The molecule has 6 nitrogen and oxygen atoms in total. The van der Waals surface area contributed by atoms with Crippen LogP contribution in [0.4, 0.5) is 0 Å². The summed E-state index contributed by atoms with van der Waals surface area (Å²) >= 11 is 0. The van der Waals surface area contributed by atoms with E-state index in [4.69, 9.17) is 4.74 Å². The predicted molar refractivity (Wildman–Crippen MR) is 85.8 cm³/mol. The summed E-state index contributed by atoms with van der Waals surface area (Å²) in [6, 6.07) is 8.23. The molecular formula is C17H23N3O3. The van der Waals surface area contributed by atoms with Gasteiger partial charge in [-0.15, -0.1) is 0 Å². The SMILES string of the molecule is O=C(CC1COCCN1)NCC(=O)N1CCc2ccccc2C1. The molecule has 2 N–H and O–H groups in total. The summed E-state index contributed by atoms with van der Waals surface area (Å²) < 4.78 is 5.32. The van der Waals surface area contributed by atoms with Gasteiger partial charge in [-0.1, -0.05) is 24.3 Å². The standard InChI is InChI=1S/C17H23N3O3/c21-16(9-15-12-23-8-6-18-15)19-10-17(22)20-7-5-13-3-1-2-4-14(13)11-20/h1-4,15,18H,5-12H2,(H,19,21). The molecule has 1 atom stereocenters. The van der Waals surface area contributed by atoms with Crippen molar-refractivity contribution in [1.29, 1.82) is 0 Å². The number of rotatable bonds is 4.